The maximum absolute atomic E-state index is 12.0. The highest BCUT2D eigenvalue weighted by atomic mass is 32.2. The molecule has 0 saturated heterocycles. The summed E-state index contributed by atoms with van der Waals surface area (Å²) in [4.78, 5) is 4.60. The second-order valence-corrected chi connectivity index (χ2v) is 5.94. The smallest absolute Gasteiger partial charge is 0.387 e. The first-order valence-corrected chi connectivity index (χ1v) is 6.98. The standard InChI is InChI=1S/C13H16F2N2OS/c1-13(2)7-8-19-12(17-13)16-9-3-5-10(6-4-9)18-11(14)15/h3-6,11H,7-8H2,1-2H3,(H,16,17). The van der Waals surface area contributed by atoms with Gasteiger partial charge >= 0.3 is 6.61 Å². The van der Waals surface area contributed by atoms with E-state index in [0.29, 0.717) is 0 Å². The van der Waals surface area contributed by atoms with E-state index in [-0.39, 0.29) is 11.3 Å². The maximum Gasteiger partial charge on any atom is 0.387 e. The second-order valence-electron chi connectivity index (χ2n) is 4.86. The molecule has 0 spiro atoms. The first kappa shape index (κ1) is 14.1. The number of thioether (sulfide) groups is 1. The Balaban J connectivity index is 2.01. The molecule has 0 saturated carbocycles. The summed E-state index contributed by atoms with van der Waals surface area (Å²) in [7, 11) is 0. The number of nitrogens with one attached hydrogen (secondary N) is 1. The van der Waals surface area contributed by atoms with Crippen molar-refractivity contribution in [3.8, 4) is 5.75 Å². The molecule has 0 radical (unpaired) electrons. The van der Waals surface area contributed by atoms with Crippen LogP contribution in [-0.2, 0) is 0 Å². The number of halogens is 2. The van der Waals surface area contributed by atoms with Crippen LogP contribution in [0.2, 0.25) is 0 Å². The molecule has 0 fully saturated rings. The van der Waals surface area contributed by atoms with Crippen molar-refractivity contribution in [3.63, 3.8) is 0 Å². The van der Waals surface area contributed by atoms with Crippen LogP contribution in [0.5, 0.6) is 5.75 Å². The fraction of sp³-hybridized carbons (Fsp3) is 0.462. The summed E-state index contributed by atoms with van der Waals surface area (Å²) in [5.74, 6) is 1.17. The molecule has 1 heterocycles. The van der Waals surface area contributed by atoms with E-state index in [0.717, 1.165) is 23.0 Å². The molecule has 0 aliphatic carbocycles. The van der Waals surface area contributed by atoms with E-state index in [1.165, 1.54) is 12.1 Å². The molecule has 1 aromatic rings. The lowest BCUT2D eigenvalue weighted by atomic mass is 10.0. The summed E-state index contributed by atoms with van der Waals surface area (Å²) in [5, 5.41) is 4.05. The Hall–Kier alpha value is -1.30. The minimum absolute atomic E-state index is 0.0493. The lowest BCUT2D eigenvalue weighted by Crippen LogP contribution is -2.27. The SMILES string of the molecule is CC1(C)CCSC(Nc2ccc(OC(F)F)cc2)=N1. The minimum Gasteiger partial charge on any atom is -0.435 e. The van der Waals surface area contributed by atoms with E-state index >= 15 is 0 Å². The summed E-state index contributed by atoms with van der Waals surface area (Å²) in [6, 6.07) is 6.41. The van der Waals surface area contributed by atoms with Crippen LogP contribution >= 0.6 is 11.8 Å². The van der Waals surface area contributed by atoms with Crippen molar-refractivity contribution in [3.05, 3.63) is 24.3 Å². The predicted molar refractivity (Wildman–Crippen MR) is 75.3 cm³/mol. The average Bonchev–Trinajstić information content (AvgIpc) is 2.30. The van der Waals surface area contributed by atoms with Crippen LogP contribution in [0.3, 0.4) is 0 Å². The second kappa shape index (κ2) is 5.77. The highest BCUT2D eigenvalue weighted by Crippen LogP contribution is 2.27. The van der Waals surface area contributed by atoms with Crippen molar-refractivity contribution < 1.29 is 13.5 Å². The van der Waals surface area contributed by atoms with Crippen LogP contribution in [0.4, 0.5) is 14.5 Å². The quantitative estimate of drug-likeness (QED) is 0.912. The number of aliphatic imine (C=N–C) groups is 1. The van der Waals surface area contributed by atoms with Crippen LogP contribution in [0.25, 0.3) is 0 Å². The van der Waals surface area contributed by atoms with Gasteiger partial charge in [0.15, 0.2) is 5.17 Å². The van der Waals surface area contributed by atoms with Gasteiger partial charge < -0.3 is 10.1 Å². The van der Waals surface area contributed by atoms with E-state index in [4.69, 9.17) is 0 Å². The maximum atomic E-state index is 12.0. The molecule has 0 atom stereocenters. The lowest BCUT2D eigenvalue weighted by Gasteiger charge is -2.26. The van der Waals surface area contributed by atoms with E-state index in [9.17, 15) is 8.78 Å². The molecule has 0 unspecified atom stereocenters. The number of amidine groups is 1. The normalized spacial score (nSPS) is 18.1. The summed E-state index contributed by atoms with van der Waals surface area (Å²) >= 11 is 1.66. The first-order chi connectivity index (χ1) is 8.94. The molecule has 3 nitrogen and oxygen atoms in total. The zero-order valence-corrected chi connectivity index (χ0v) is 11.6. The Labute approximate surface area is 115 Å². The van der Waals surface area contributed by atoms with E-state index in [1.807, 2.05) is 0 Å². The van der Waals surface area contributed by atoms with E-state index in [1.54, 1.807) is 23.9 Å². The Morgan fingerprint density at radius 1 is 1.32 bits per heavy atom. The van der Waals surface area contributed by atoms with Gasteiger partial charge in [-0.3, -0.25) is 4.99 Å². The molecule has 0 bridgehead atoms. The molecule has 1 N–H and O–H groups in total. The molecule has 1 aliphatic heterocycles. The Morgan fingerprint density at radius 3 is 2.58 bits per heavy atom. The van der Waals surface area contributed by atoms with Crippen molar-refractivity contribution in [2.75, 3.05) is 11.1 Å². The number of ether oxygens (including phenoxy) is 1. The predicted octanol–water partition coefficient (Wildman–Crippen LogP) is 3.97. The first-order valence-electron chi connectivity index (χ1n) is 5.99. The van der Waals surface area contributed by atoms with E-state index in [2.05, 4.69) is 28.9 Å². The van der Waals surface area contributed by atoms with E-state index < -0.39 is 6.61 Å². The molecule has 104 valence electrons. The zero-order valence-electron chi connectivity index (χ0n) is 10.8. The Kier molecular flexibility index (Phi) is 4.29. The molecule has 2 rings (SSSR count). The van der Waals surface area contributed by atoms with Crippen molar-refractivity contribution in [2.45, 2.75) is 32.4 Å². The van der Waals surface area contributed by atoms with Gasteiger partial charge in [0.05, 0.1) is 5.54 Å². The van der Waals surface area contributed by atoms with Crippen molar-refractivity contribution >= 4 is 22.6 Å². The average molecular weight is 286 g/mol. The van der Waals surface area contributed by atoms with Crippen LogP contribution in [0.15, 0.2) is 29.3 Å². The summed E-state index contributed by atoms with van der Waals surface area (Å²) in [6.45, 7) is 1.39. The third-order valence-corrected chi connectivity index (χ3v) is 3.56. The topological polar surface area (TPSA) is 33.6 Å². The molecular formula is C13H16F2N2OS. The van der Waals surface area contributed by atoms with Crippen LogP contribution in [0, 0.1) is 0 Å². The number of alkyl halides is 2. The Morgan fingerprint density at radius 2 is 2.00 bits per heavy atom. The lowest BCUT2D eigenvalue weighted by molar-refractivity contribution is -0.0498. The van der Waals surface area contributed by atoms with Gasteiger partial charge in [-0.1, -0.05) is 11.8 Å². The van der Waals surface area contributed by atoms with Gasteiger partial charge in [-0.15, -0.1) is 0 Å². The van der Waals surface area contributed by atoms with Crippen LogP contribution in [-0.4, -0.2) is 23.1 Å². The molecule has 6 heteroatoms. The molecule has 1 aromatic carbocycles. The molecule has 19 heavy (non-hydrogen) atoms. The molecule has 1 aliphatic rings. The van der Waals surface area contributed by atoms with Crippen LogP contribution in [0.1, 0.15) is 20.3 Å². The number of hydrogen-bond donors (Lipinski definition) is 1. The number of anilines is 1. The third kappa shape index (κ3) is 4.38. The fourth-order valence-corrected chi connectivity index (χ4v) is 2.96. The summed E-state index contributed by atoms with van der Waals surface area (Å²) < 4.78 is 28.3. The highest BCUT2D eigenvalue weighted by Gasteiger charge is 2.22. The monoisotopic (exact) mass is 286 g/mol. The van der Waals surface area contributed by atoms with Crippen molar-refractivity contribution in [1.82, 2.24) is 0 Å². The fourth-order valence-electron chi connectivity index (χ4n) is 1.67. The number of benzene rings is 1. The highest BCUT2D eigenvalue weighted by molar-refractivity contribution is 8.14. The number of nitrogens with zero attached hydrogens (tertiary/aromatic N) is 1. The summed E-state index contributed by atoms with van der Waals surface area (Å²) in [6.07, 6.45) is 1.05. The van der Waals surface area contributed by atoms with Gasteiger partial charge in [0.2, 0.25) is 0 Å². The molecule has 0 amide bonds. The molecular weight excluding hydrogens is 270 g/mol. The number of rotatable bonds is 3. The molecule has 0 aromatic heterocycles. The summed E-state index contributed by atoms with van der Waals surface area (Å²) in [5.41, 5.74) is 0.761. The number of hydrogen-bond acceptors (Lipinski definition) is 4. The van der Waals surface area contributed by atoms with Gasteiger partial charge in [-0.05, 0) is 44.5 Å². The Bertz CT molecular complexity index is 460. The largest absolute Gasteiger partial charge is 0.435 e. The third-order valence-electron chi connectivity index (χ3n) is 2.69. The van der Waals surface area contributed by atoms with Gasteiger partial charge in [-0.2, -0.15) is 8.78 Å². The van der Waals surface area contributed by atoms with Gasteiger partial charge in [-0.25, -0.2) is 0 Å². The minimum atomic E-state index is -2.79. The van der Waals surface area contributed by atoms with Crippen LogP contribution < -0.4 is 10.1 Å². The zero-order chi connectivity index (χ0) is 13.9. The van der Waals surface area contributed by atoms with Crippen molar-refractivity contribution in [1.29, 1.82) is 0 Å². The van der Waals surface area contributed by atoms with Crippen molar-refractivity contribution in [2.24, 2.45) is 4.99 Å². The van der Waals surface area contributed by atoms with Gasteiger partial charge in [0, 0.05) is 11.4 Å². The van der Waals surface area contributed by atoms with Gasteiger partial charge in [0.25, 0.3) is 0 Å². The van der Waals surface area contributed by atoms with Gasteiger partial charge in [0.1, 0.15) is 5.75 Å².